The zero-order valence-electron chi connectivity index (χ0n) is 17.4. The second-order valence-corrected chi connectivity index (χ2v) is 7.85. The molecule has 2 N–H and O–H groups in total. The van der Waals surface area contributed by atoms with Crippen LogP contribution in [0.5, 0.6) is 0 Å². The molecule has 1 aromatic carbocycles. The summed E-state index contributed by atoms with van der Waals surface area (Å²) in [5.41, 5.74) is 3.13. The zero-order chi connectivity index (χ0) is 21.5. The third-order valence-electron chi connectivity index (χ3n) is 5.45. The number of piperidine rings is 1. The predicted octanol–water partition coefficient (Wildman–Crippen LogP) is 2.34. The van der Waals surface area contributed by atoms with Crippen LogP contribution < -0.4 is 5.32 Å². The average molecular weight is 422 g/mol. The number of aryl methyl sites for hydroxylation is 1. The summed E-state index contributed by atoms with van der Waals surface area (Å²) in [6.07, 6.45) is 5.57. The van der Waals surface area contributed by atoms with Gasteiger partial charge in [0.2, 0.25) is 17.6 Å². The third kappa shape index (κ3) is 6.19. The zero-order valence-corrected chi connectivity index (χ0v) is 17.4. The first kappa shape index (κ1) is 21.1. The van der Waals surface area contributed by atoms with Gasteiger partial charge in [0.25, 0.3) is 0 Å². The number of aliphatic hydroxyl groups excluding tert-OH is 1. The van der Waals surface area contributed by atoms with Gasteiger partial charge >= 0.3 is 0 Å². The number of pyridine rings is 1. The van der Waals surface area contributed by atoms with Gasteiger partial charge in [-0.15, -0.1) is 0 Å². The monoisotopic (exact) mass is 421 g/mol. The van der Waals surface area contributed by atoms with Crippen LogP contribution in [0.2, 0.25) is 0 Å². The molecule has 1 fully saturated rings. The molecule has 1 aliphatic rings. The summed E-state index contributed by atoms with van der Waals surface area (Å²) in [7, 11) is 0. The molecule has 8 heteroatoms. The van der Waals surface area contributed by atoms with Gasteiger partial charge in [-0.2, -0.15) is 4.98 Å². The summed E-state index contributed by atoms with van der Waals surface area (Å²) in [6, 6.07) is 11.9. The van der Waals surface area contributed by atoms with Gasteiger partial charge in [0, 0.05) is 57.0 Å². The van der Waals surface area contributed by atoms with Gasteiger partial charge in [0.15, 0.2) is 0 Å². The van der Waals surface area contributed by atoms with Crippen molar-refractivity contribution < 1.29 is 14.4 Å². The number of nitrogens with zero attached hydrogens (tertiary/aromatic N) is 4. The van der Waals surface area contributed by atoms with E-state index in [0.29, 0.717) is 24.7 Å². The number of aliphatic hydroxyl groups is 1. The topological polar surface area (TPSA) is 104 Å². The molecule has 0 spiro atoms. The number of amides is 1. The van der Waals surface area contributed by atoms with Crippen LogP contribution in [0.4, 0.5) is 0 Å². The second kappa shape index (κ2) is 10.3. The van der Waals surface area contributed by atoms with E-state index in [4.69, 9.17) is 4.52 Å². The van der Waals surface area contributed by atoms with E-state index in [-0.39, 0.29) is 18.4 Å². The molecule has 0 bridgehead atoms. The Balaban J connectivity index is 1.19. The standard InChI is InChI=1S/C23H27N5O3/c29-20-9-13-28(14-10-20)16-18-3-1-17(2-4-18)15-25-21(30)5-6-22-26-23(27-31-22)19-7-11-24-12-8-19/h1-4,7-8,11-12,20,29H,5-6,9-10,13-16H2,(H,25,30). The molecule has 3 heterocycles. The number of aromatic nitrogens is 3. The van der Waals surface area contributed by atoms with E-state index in [1.165, 1.54) is 5.56 Å². The quantitative estimate of drug-likeness (QED) is 0.575. The van der Waals surface area contributed by atoms with Crippen molar-refractivity contribution in [3.63, 3.8) is 0 Å². The normalized spacial score (nSPS) is 15.1. The fourth-order valence-electron chi connectivity index (χ4n) is 3.58. The SMILES string of the molecule is O=C(CCc1nc(-c2ccncc2)no1)NCc1ccc(CN2CCC(O)CC2)cc1. The average Bonchev–Trinajstić information content (AvgIpc) is 3.28. The molecule has 0 radical (unpaired) electrons. The molecular weight excluding hydrogens is 394 g/mol. The number of carbonyl (C=O) groups is 1. The molecule has 0 aliphatic carbocycles. The summed E-state index contributed by atoms with van der Waals surface area (Å²) in [6.45, 7) is 3.25. The Bertz CT molecular complexity index is 966. The second-order valence-electron chi connectivity index (χ2n) is 7.85. The fourth-order valence-corrected chi connectivity index (χ4v) is 3.58. The van der Waals surface area contributed by atoms with Gasteiger partial charge in [0.05, 0.1) is 6.10 Å². The summed E-state index contributed by atoms with van der Waals surface area (Å²) < 4.78 is 5.23. The first-order valence-electron chi connectivity index (χ1n) is 10.6. The summed E-state index contributed by atoms with van der Waals surface area (Å²) >= 11 is 0. The number of hydrogen-bond donors (Lipinski definition) is 2. The van der Waals surface area contributed by atoms with Gasteiger partial charge < -0.3 is 14.9 Å². The van der Waals surface area contributed by atoms with E-state index in [1.807, 2.05) is 24.3 Å². The largest absolute Gasteiger partial charge is 0.393 e. The molecule has 0 unspecified atom stereocenters. The van der Waals surface area contributed by atoms with Crippen molar-refractivity contribution in [2.45, 2.75) is 44.9 Å². The maximum Gasteiger partial charge on any atom is 0.227 e. The number of nitrogens with one attached hydrogen (secondary N) is 1. The minimum Gasteiger partial charge on any atom is -0.393 e. The van der Waals surface area contributed by atoms with Crippen LogP contribution in [0.1, 0.15) is 36.3 Å². The molecule has 1 aliphatic heterocycles. The van der Waals surface area contributed by atoms with Crippen LogP contribution in [0.3, 0.4) is 0 Å². The Morgan fingerprint density at radius 1 is 1.10 bits per heavy atom. The van der Waals surface area contributed by atoms with Gasteiger partial charge in [0.1, 0.15) is 0 Å². The van der Waals surface area contributed by atoms with E-state index in [1.54, 1.807) is 12.4 Å². The van der Waals surface area contributed by atoms with Gasteiger partial charge in [-0.25, -0.2) is 0 Å². The molecule has 3 aromatic rings. The first-order chi connectivity index (χ1) is 15.2. The highest BCUT2D eigenvalue weighted by Gasteiger charge is 2.16. The van der Waals surface area contributed by atoms with Crippen molar-refractivity contribution in [2.75, 3.05) is 13.1 Å². The lowest BCUT2D eigenvalue weighted by Crippen LogP contribution is -2.35. The Morgan fingerprint density at radius 2 is 1.81 bits per heavy atom. The van der Waals surface area contributed by atoms with Gasteiger partial charge in [-0.1, -0.05) is 29.4 Å². The highest BCUT2D eigenvalue weighted by Crippen LogP contribution is 2.15. The Morgan fingerprint density at radius 3 is 2.55 bits per heavy atom. The molecule has 2 aromatic heterocycles. The van der Waals surface area contributed by atoms with E-state index in [2.05, 4.69) is 37.5 Å². The molecule has 0 atom stereocenters. The van der Waals surface area contributed by atoms with Gasteiger partial charge in [-0.3, -0.25) is 14.7 Å². The lowest BCUT2D eigenvalue weighted by Gasteiger charge is -2.29. The van der Waals surface area contributed by atoms with E-state index in [0.717, 1.165) is 43.6 Å². The smallest absolute Gasteiger partial charge is 0.227 e. The Kier molecular flexibility index (Phi) is 7.01. The van der Waals surface area contributed by atoms with Crippen molar-refractivity contribution in [3.8, 4) is 11.4 Å². The number of likely N-dealkylation sites (tertiary alicyclic amines) is 1. The molecular formula is C23H27N5O3. The van der Waals surface area contributed by atoms with Crippen molar-refractivity contribution in [1.29, 1.82) is 0 Å². The summed E-state index contributed by atoms with van der Waals surface area (Å²) in [5, 5.41) is 16.5. The first-order valence-corrected chi connectivity index (χ1v) is 10.6. The minimum atomic E-state index is -0.148. The van der Waals surface area contributed by atoms with E-state index in [9.17, 15) is 9.90 Å². The van der Waals surface area contributed by atoms with E-state index >= 15 is 0 Å². The van der Waals surface area contributed by atoms with Crippen LogP contribution in [0.25, 0.3) is 11.4 Å². The Labute approximate surface area is 181 Å². The van der Waals surface area contributed by atoms with Crippen LogP contribution in [0, 0.1) is 0 Å². The van der Waals surface area contributed by atoms with Crippen LogP contribution >= 0.6 is 0 Å². The van der Waals surface area contributed by atoms with Crippen molar-refractivity contribution in [2.24, 2.45) is 0 Å². The third-order valence-corrected chi connectivity index (χ3v) is 5.45. The summed E-state index contributed by atoms with van der Waals surface area (Å²) in [5.74, 6) is 0.884. The maximum absolute atomic E-state index is 12.2. The lowest BCUT2D eigenvalue weighted by molar-refractivity contribution is -0.121. The van der Waals surface area contributed by atoms with Crippen molar-refractivity contribution in [3.05, 3.63) is 65.8 Å². The highest BCUT2D eigenvalue weighted by molar-refractivity contribution is 5.76. The van der Waals surface area contributed by atoms with Crippen LogP contribution in [-0.2, 0) is 24.3 Å². The number of carbonyl (C=O) groups excluding carboxylic acids is 1. The number of hydrogen-bond acceptors (Lipinski definition) is 7. The highest BCUT2D eigenvalue weighted by atomic mass is 16.5. The number of benzene rings is 1. The molecule has 31 heavy (non-hydrogen) atoms. The van der Waals surface area contributed by atoms with E-state index < -0.39 is 0 Å². The predicted molar refractivity (Wildman–Crippen MR) is 115 cm³/mol. The van der Waals surface area contributed by atoms with Gasteiger partial charge in [-0.05, 0) is 36.1 Å². The fraction of sp³-hybridized carbons (Fsp3) is 0.391. The Hall–Kier alpha value is -3.10. The van der Waals surface area contributed by atoms with Crippen molar-refractivity contribution in [1.82, 2.24) is 25.3 Å². The van der Waals surface area contributed by atoms with Crippen LogP contribution in [0.15, 0.2) is 53.3 Å². The minimum absolute atomic E-state index is 0.0559. The maximum atomic E-state index is 12.2. The number of rotatable bonds is 8. The molecule has 1 saturated heterocycles. The molecule has 4 rings (SSSR count). The van der Waals surface area contributed by atoms with Crippen LogP contribution in [-0.4, -0.2) is 50.2 Å². The summed E-state index contributed by atoms with van der Waals surface area (Å²) in [4.78, 5) is 22.8. The van der Waals surface area contributed by atoms with Crippen molar-refractivity contribution >= 4 is 5.91 Å². The molecule has 162 valence electrons. The molecule has 0 saturated carbocycles. The lowest BCUT2D eigenvalue weighted by atomic mass is 10.1. The molecule has 8 nitrogen and oxygen atoms in total. The molecule has 1 amide bonds.